The normalized spacial score (nSPS) is 11.1. The molecule has 0 atom stereocenters. The molecule has 2 aromatic carbocycles. The molecule has 0 unspecified atom stereocenters. The van der Waals surface area contributed by atoms with Crippen molar-refractivity contribution in [3.8, 4) is 0 Å². The molecular formula is C20H25FN2O2. The summed E-state index contributed by atoms with van der Waals surface area (Å²) in [6.45, 7) is 9.92. The molecule has 0 spiro atoms. The molecule has 0 bridgehead atoms. The number of halogens is 1. The second-order valence-corrected chi connectivity index (χ2v) is 7.05. The van der Waals surface area contributed by atoms with Crippen molar-refractivity contribution in [2.75, 3.05) is 10.6 Å². The Bertz CT molecular complexity index is 747. The van der Waals surface area contributed by atoms with Gasteiger partial charge < -0.3 is 10.1 Å². The van der Waals surface area contributed by atoms with Crippen LogP contribution >= 0.6 is 0 Å². The number of rotatable bonds is 4. The molecule has 0 aliphatic rings. The predicted octanol–water partition coefficient (Wildman–Crippen LogP) is 5.40. The number of carbonyl (C=O) groups is 1. The molecule has 0 aliphatic carbocycles. The Morgan fingerprint density at radius 3 is 2.36 bits per heavy atom. The summed E-state index contributed by atoms with van der Waals surface area (Å²) in [6, 6.07) is 10.4. The van der Waals surface area contributed by atoms with E-state index in [4.69, 9.17) is 4.74 Å². The van der Waals surface area contributed by atoms with Gasteiger partial charge in [-0.2, -0.15) is 0 Å². The van der Waals surface area contributed by atoms with Crippen LogP contribution in [0.2, 0.25) is 0 Å². The topological polar surface area (TPSA) is 50.4 Å². The number of carbonyl (C=O) groups excluding carboxylic acids is 1. The summed E-state index contributed by atoms with van der Waals surface area (Å²) < 4.78 is 19.3. The predicted molar refractivity (Wildman–Crippen MR) is 99.5 cm³/mol. The van der Waals surface area contributed by atoms with E-state index in [2.05, 4.69) is 10.6 Å². The first-order chi connectivity index (χ1) is 11.7. The number of hydrogen-bond donors (Lipinski definition) is 2. The number of nitrogens with one attached hydrogen (secondary N) is 2. The summed E-state index contributed by atoms with van der Waals surface area (Å²) in [5, 5.41) is 5.72. The van der Waals surface area contributed by atoms with Crippen molar-refractivity contribution >= 4 is 17.5 Å². The van der Waals surface area contributed by atoms with Crippen LogP contribution in [-0.4, -0.2) is 11.7 Å². The number of aryl methyl sites for hydroxylation is 2. The minimum absolute atomic E-state index is 0.330. The van der Waals surface area contributed by atoms with Crippen LogP contribution in [0.4, 0.5) is 20.6 Å². The smallest absolute Gasteiger partial charge is 0.412 e. The van der Waals surface area contributed by atoms with E-state index in [-0.39, 0.29) is 5.82 Å². The van der Waals surface area contributed by atoms with Gasteiger partial charge in [-0.3, -0.25) is 5.32 Å². The van der Waals surface area contributed by atoms with Crippen molar-refractivity contribution in [1.29, 1.82) is 0 Å². The fraction of sp³-hybridized carbons (Fsp3) is 0.350. The highest BCUT2D eigenvalue weighted by atomic mass is 19.1. The molecule has 2 N–H and O–H groups in total. The van der Waals surface area contributed by atoms with E-state index >= 15 is 0 Å². The van der Waals surface area contributed by atoms with Gasteiger partial charge in [-0.05, 0) is 69.5 Å². The van der Waals surface area contributed by atoms with Crippen LogP contribution in [0.5, 0.6) is 0 Å². The largest absolute Gasteiger partial charge is 0.444 e. The van der Waals surface area contributed by atoms with Crippen LogP contribution < -0.4 is 10.6 Å². The summed E-state index contributed by atoms with van der Waals surface area (Å²) in [4.78, 5) is 11.8. The number of hydrogen-bond acceptors (Lipinski definition) is 3. The molecule has 4 nitrogen and oxygen atoms in total. The monoisotopic (exact) mass is 344 g/mol. The molecule has 0 saturated heterocycles. The van der Waals surface area contributed by atoms with Gasteiger partial charge in [0.1, 0.15) is 11.4 Å². The van der Waals surface area contributed by atoms with E-state index in [1.54, 1.807) is 26.8 Å². The molecule has 5 heteroatoms. The van der Waals surface area contributed by atoms with Crippen molar-refractivity contribution in [2.45, 2.75) is 46.8 Å². The van der Waals surface area contributed by atoms with Gasteiger partial charge in [0.05, 0.1) is 5.69 Å². The quantitative estimate of drug-likeness (QED) is 0.780. The zero-order valence-corrected chi connectivity index (χ0v) is 15.4. The van der Waals surface area contributed by atoms with E-state index in [9.17, 15) is 9.18 Å². The number of anilines is 2. The SMILES string of the molecule is Cc1cccc(C)c1CNc1cc(NC(=O)OC(C)(C)C)ccc1F. The molecular weight excluding hydrogens is 319 g/mol. The van der Waals surface area contributed by atoms with Crippen molar-refractivity contribution in [3.05, 3.63) is 58.9 Å². The van der Waals surface area contributed by atoms with Crippen LogP contribution in [0, 0.1) is 19.7 Å². The second-order valence-electron chi connectivity index (χ2n) is 7.05. The molecule has 25 heavy (non-hydrogen) atoms. The summed E-state index contributed by atoms with van der Waals surface area (Å²) in [5.74, 6) is -0.374. The molecule has 1 amide bonds. The Labute approximate surface area is 148 Å². The van der Waals surface area contributed by atoms with Gasteiger partial charge in [0.2, 0.25) is 0 Å². The summed E-state index contributed by atoms with van der Waals surface area (Å²) >= 11 is 0. The highest BCUT2D eigenvalue weighted by Crippen LogP contribution is 2.22. The van der Waals surface area contributed by atoms with Crippen LogP contribution in [-0.2, 0) is 11.3 Å². The Morgan fingerprint density at radius 2 is 1.76 bits per heavy atom. The molecule has 0 aromatic heterocycles. The molecule has 0 saturated carbocycles. The van der Waals surface area contributed by atoms with Crippen molar-refractivity contribution < 1.29 is 13.9 Å². The lowest BCUT2D eigenvalue weighted by atomic mass is 10.0. The van der Waals surface area contributed by atoms with Gasteiger partial charge in [0, 0.05) is 12.2 Å². The highest BCUT2D eigenvalue weighted by Gasteiger charge is 2.16. The standard InChI is InChI=1S/C20H25FN2O2/c1-13-7-6-8-14(2)16(13)12-22-18-11-15(9-10-17(18)21)23-19(24)25-20(3,4)5/h6-11,22H,12H2,1-5H3,(H,23,24). The molecule has 2 aromatic rings. The Hall–Kier alpha value is -2.56. The van der Waals surface area contributed by atoms with Crippen molar-refractivity contribution in [2.24, 2.45) is 0 Å². The number of amides is 1. The molecule has 0 radical (unpaired) electrons. The summed E-state index contributed by atoms with van der Waals surface area (Å²) in [5.41, 5.74) is 3.64. The second kappa shape index (κ2) is 7.55. The van der Waals surface area contributed by atoms with Crippen molar-refractivity contribution in [3.63, 3.8) is 0 Å². The van der Waals surface area contributed by atoms with Crippen LogP contribution in [0.25, 0.3) is 0 Å². The zero-order valence-electron chi connectivity index (χ0n) is 15.4. The van der Waals surface area contributed by atoms with E-state index in [0.29, 0.717) is 17.9 Å². The number of ether oxygens (including phenoxy) is 1. The van der Waals surface area contributed by atoms with Crippen LogP contribution in [0.1, 0.15) is 37.5 Å². The first-order valence-electron chi connectivity index (χ1n) is 8.24. The molecule has 2 rings (SSSR count). The molecule has 0 aliphatic heterocycles. The fourth-order valence-corrected chi connectivity index (χ4v) is 2.47. The third kappa shape index (κ3) is 5.48. The lowest BCUT2D eigenvalue weighted by molar-refractivity contribution is 0.0636. The lowest BCUT2D eigenvalue weighted by Gasteiger charge is -2.20. The van der Waals surface area contributed by atoms with E-state index in [1.807, 2.05) is 32.0 Å². The summed E-state index contributed by atoms with van der Waals surface area (Å²) in [7, 11) is 0. The fourth-order valence-electron chi connectivity index (χ4n) is 2.47. The minimum atomic E-state index is -0.590. The molecule has 0 fully saturated rings. The van der Waals surface area contributed by atoms with Gasteiger partial charge in [0.25, 0.3) is 0 Å². The summed E-state index contributed by atoms with van der Waals surface area (Å²) in [6.07, 6.45) is -0.570. The molecule has 134 valence electrons. The first kappa shape index (κ1) is 18.8. The zero-order chi connectivity index (χ0) is 18.6. The van der Waals surface area contributed by atoms with Gasteiger partial charge in [0.15, 0.2) is 0 Å². The lowest BCUT2D eigenvalue weighted by Crippen LogP contribution is -2.27. The van der Waals surface area contributed by atoms with E-state index in [0.717, 1.165) is 16.7 Å². The van der Waals surface area contributed by atoms with E-state index < -0.39 is 11.7 Å². The highest BCUT2D eigenvalue weighted by molar-refractivity contribution is 5.85. The Morgan fingerprint density at radius 1 is 1.12 bits per heavy atom. The van der Waals surface area contributed by atoms with Crippen molar-refractivity contribution in [1.82, 2.24) is 0 Å². The third-order valence-corrected chi connectivity index (χ3v) is 3.71. The average molecular weight is 344 g/mol. The van der Waals surface area contributed by atoms with Crippen LogP contribution in [0.3, 0.4) is 0 Å². The number of benzene rings is 2. The first-order valence-corrected chi connectivity index (χ1v) is 8.24. The maximum atomic E-state index is 14.1. The van der Waals surface area contributed by atoms with E-state index in [1.165, 1.54) is 12.1 Å². The maximum Gasteiger partial charge on any atom is 0.412 e. The third-order valence-electron chi connectivity index (χ3n) is 3.71. The van der Waals surface area contributed by atoms with Gasteiger partial charge in [-0.15, -0.1) is 0 Å². The maximum absolute atomic E-state index is 14.1. The van der Waals surface area contributed by atoms with Gasteiger partial charge >= 0.3 is 6.09 Å². The van der Waals surface area contributed by atoms with Gasteiger partial charge in [-0.1, -0.05) is 18.2 Å². The average Bonchev–Trinajstić information content (AvgIpc) is 2.47. The molecule has 0 heterocycles. The minimum Gasteiger partial charge on any atom is -0.444 e. The Kier molecular flexibility index (Phi) is 5.67. The van der Waals surface area contributed by atoms with Gasteiger partial charge in [-0.25, -0.2) is 9.18 Å². The van der Waals surface area contributed by atoms with Crippen LogP contribution in [0.15, 0.2) is 36.4 Å². The Balaban J connectivity index is 2.10.